The van der Waals surface area contributed by atoms with Crippen LogP contribution in [0.15, 0.2) is 24.3 Å². The Labute approximate surface area is 507 Å². The van der Waals surface area contributed by atoms with Crippen molar-refractivity contribution in [3.05, 3.63) is 24.3 Å². The number of carbonyl (C=O) groups is 2. The highest BCUT2D eigenvalue weighted by Gasteiger charge is 2.18. The molecule has 1 amide bonds. The smallest absolute Gasteiger partial charge is 0.305 e. The predicted molar refractivity (Wildman–Crippen MR) is 356 cm³/mol. The van der Waals surface area contributed by atoms with Gasteiger partial charge in [-0.15, -0.1) is 0 Å². The van der Waals surface area contributed by atoms with Gasteiger partial charge in [0.25, 0.3) is 0 Å². The van der Waals surface area contributed by atoms with Gasteiger partial charge in [-0.3, -0.25) is 9.59 Å². The van der Waals surface area contributed by atoms with Crippen molar-refractivity contribution in [2.24, 2.45) is 0 Å². The van der Waals surface area contributed by atoms with Crippen molar-refractivity contribution in [1.82, 2.24) is 5.32 Å². The number of carbonyl (C=O) groups excluding carboxylic acids is 2. The number of unbranched alkanes of at least 4 members (excludes halogenated alkanes) is 57. The zero-order valence-corrected chi connectivity index (χ0v) is 55.0. The first-order chi connectivity index (χ1) is 40.0. The molecule has 6 nitrogen and oxygen atoms in total. The van der Waals surface area contributed by atoms with E-state index in [0.717, 1.165) is 44.9 Å². The second-order valence-corrected chi connectivity index (χ2v) is 25.6. The summed E-state index contributed by atoms with van der Waals surface area (Å²) in [6.45, 7) is 4.94. The highest BCUT2D eigenvalue weighted by atomic mass is 16.5. The van der Waals surface area contributed by atoms with Crippen molar-refractivity contribution in [1.29, 1.82) is 0 Å². The molecule has 0 saturated heterocycles. The fourth-order valence-corrected chi connectivity index (χ4v) is 11.8. The van der Waals surface area contributed by atoms with Gasteiger partial charge in [0.2, 0.25) is 5.91 Å². The number of hydrogen-bond donors (Lipinski definition) is 3. The van der Waals surface area contributed by atoms with Crippen LogP contribution in [0.1, 0.15) is 418 Å². The second kappa shape index (κ2) is 70.8. The van der Waals surface area contributed by atoms with Gasteiger partial charge in [0.1, 0.15) is 0 Å². The van der Waals surface area contributed by atoms with Crippen molar-refractivity contribution < 1.29 is 24.5 Å². The van der Waals surface area contributed by atoms with Crippen LogP contribution in [0.3, 0.4) is 0 Å². The quantitative estimate of drug-likeness (QED) is 0.0320. The number of rotatable bonds is 70. The van der Waals surface area contributed by atoms with E-state index < -0.39 is 12.1 Å². The molecular formula is C75H145NO5. The fraction of sp³-hybridized carbons (Fsp3) is 0.920. The first-order valence-electron chi connectivity index (χ1n) is 37.1. The van der Waals surface area contributed by atoms with Crippen LogP contribution in [0.5, 0.6) is 0 Å². The Morgan fingerprint density at radius 3 is 0.877 bits per heavy atom. The van der Waals surface area contributed by atoms with Crippen LogP contribution in [0.2, 0.25) is 0 Å². The van der Waals surface area contributed by atoms with E-state index in [1.165, 1.54) is 347 Å². The Morgan fingerprint density at radius 1 is 0.333 bits per heavy atom. The third-order valence-corrected chi connectivity index (χ3v) is 17.5. The van der Waals surface area contributed by atoms with Crippen LogP contribution in [0.25, 0.3) is 0 Å². The molecule has 0 aromatic carbocycles. The standard InChI is InChI=1S/C75H145NO5/c1-3-5-7-9-11-13-15-17-19-21-22-30-33-36-39-43-47-51-55-59-63-67-73(78)72(71-77)76-74(79)68-64-60-56-52-48-44-40-37-34-31-28-26-24-23-25-27-29-32-35-38-42-46-50-54-58-62-66-70-81-75(80)69-65-61-57-53-49-45-41-20-18-16-14-12-10-8-6-4-2/h20,41,63,67,72-73,77-78H,3-19,21-40,42-62,64-66,68-71H2,1-2H3,(H,76,79)/b41-20-,67-63+. The van der Waals surface area contributed by atoms with Crippen LogP contribution in [0, 0.1) is 0 Å². The minimum Gasteiger partial charge on any atom is -0.466 e. The fourth-order valence-electron chi connectivity index (χ4n) is 11.8. The maximum absolute atomic E-state index is 12.5. The van der Waals surface area contributed by atoms with E-state index in [1.807, 2.05) is 6.08 Å². The molecule has 0 aliphatic carbocycles. The molecule has 0 spiro atoms. The van der Waals surface area contributed by atoms with Gasteiger partial charge in [-0.05, 0) is 57.8 Å². The Bertz CT molecular complexity index is 1270. The Morgan fingerprint density at radius 2 is 0.580 bits per heavy atom. The van der Waals surface area contributed by atoms with E-state index in [2.05, 4.69) is 31.3 Å². The molecule has 0 aromatic heterocycles. The van der Waals surface area contributed by atoms with E-state index in [4.69, 9.17) is 4.74 Å². The normalized spacial score (nSPS) is 12.6. The van der Waals surface area contributed by atoms with Gasteiger partial charge < -0.3 is 20.3 Å². The van der Waals surface area contributed by atoms with E-state index in [0.29, 0.717) is 19.4 Å². The highest BCUT2D eigenvalue weighted by Crippen LogP contribution is 2.19. The molecule has 0 bridgehead atoms. The van der Waals surface area contributed by atoms with Crippen molar-refractivity contribution in [2.45, 2.75) is 431 Å². The van der Waals surface area contributed by atoms with Crippen molar-refractivity contribution in [3.63, 3.8) is 0 Å². The van der Waals surface area contributed by atoms with Gasteiger partial charge in [-0.25, -0.2) is 0 Å². The van der Waals surface area contributed by atoms with Crippen molar-refractivity contribution in [2.75, 3.05) is 13.2 Å². The number of hydrogen-bond acceptors (Lipinski definition) is 5. The molecule has 0 saturated carbocycles. The SMILES string of the molecule is CCCCCCCCC/C=C\CCCCCCCC(=O)OCCCCCCCCCCCCCCCCCCCCCCCCCCCCCC(=O)NC(CO)C(O)/C=C/CCCCCCCCCCCCCCCCCCCCC. The topological polar surface area (TPSA) is 95.9 Å². The van der Waals surface area contributed by atoms with E-state index in [1.54, 1.807) is 6.08 Å². The molecule has 81 heavy (non-hydrogen) atoms. The number of allylic oxidation sites excluding steroid dienone is 3. The number of ether oxygens (including phenoxy) is 1. The first-order valence-corrected chi connectivity index (χ1v) is 37.1. The monoisotopic (exact) mass is 1140 g/mol. The Kier molecular flexibility index (Phi) is 69.4. The number of aliphatic hydroxyl groups is 2. The average molecular weight is 1140 g/mol. The number of esters is 1. The van der Waals surface area contributed by atoms with Crippen molar-refractivity contribution in [3.8, 4) is 0 Å². The second-order valence-electron chi connectivity index (χ2n) is 25.6. The maximum Gasteiger partial charge on any atom is 0.305 e. The van der Waals surface area contributed by atoms with Crippen LogP contribution in [-0.2, 0) is 14.3 Å². The molecule has 0 fully saturated rings. The molecular weight excluding hydrogens is 995 g/mol. The van der Waals surface area contributed by atoms with E-state index in [-0.39, 0.29) is 18.5 Å². The summed E-state index contributed by atoms with van der Waals surface area (Å²) in [4.78, 5) is 24.6. The number of nitrogens with one attached hydrogen (secondary N) is 1. The Hall–Kier alpha value is -1.66. The minimum atomic E-state index is -0.843. The summed E-state index contributed by atoms with van der Waals surface area (Å²) in [6.07, 6.45) is 89.8. The van der Waals surface area contributed by atoms with Crippen LogP contribution in [-0.4, -0.2) is 47.4 Å². The van der Waals surface area contributed by atoms with Gasteiger partial charge in [-0.2, -0.15) is 0 Å². The molecule has 2 unspecified atom stereocenters. The van der Waals surface area contributed by atoms with Gasteiger partial charge in [-0.1, -0.05) is 372 Å². The molecule has 0 aliphatic heterocycles. The summed E-state index contributed by atoms with van der Waals surface area (Å²) in [6, 6.07) is -0.627. The summed E-state index contributed by atoms with van der Waals surface area (Å²) >= 11 is 0. The molecule has 480 valence electrons. The first kappa shape index (κ1) is 79.3. The molecule has 3 N–H and O–H groups in total. The van der Waals surface area contributed by atoms with Crippen molar-refractivity contribution >= 4 is 11.9 Å². The summed E-state index contributed by atoms with van der Waals surface area (Å²) in [5, 5.41) is 23.3. The van der Waals surface area contributed by atoms with Gasteiger partial charge in [0, 0.05) is 12.8 Å². The average Bonchev–Trinajstić information content (AvgIpc) is 3.47. The lowest BCUT2D eigenvalue weighted by molar-refractivity contribution is -0.143. The van der Waals surface area contributed by atoms with E-state index in [9.17, 15) is 19.8 Å². The molecule has 0 aliphatic rings. The van der Waals surface area contributed by atoms with E-state index >= 15 is 0 Å². The molecule has 0 rings (SSSR count). The Balaban J connectivity index is 3.37. The zero-order valence-electron chi connectivity index (χ0n) is 55.0. The van der Waals surface area contributed by atoms with Gasteiger partial charge in [0.05, 0.1) is 25.4 Å². The summed E-state index contributed by atoms with van der Waals surface area (Å²) in [7, 11) is 0. The molecule has 0 heterocycles. The lowest BCUT2D eigenvalue weighted by atomic mass is 10.0. The molecule has 0 aromatic rings. The van der Waals surface area contributed by atoms with Crippen LogP contribution >= 0.6 is 0 Å². The summed E-state index contributed by atoms with van der Waals surface area (Å²) in [5.41, 5.74) is 0. The molecule has 2 atom stereocenters. The third-order valence-electron chi connectivity index (χ3n) is 17.5. The lowest BCUT2D eigenvalue weighted by Crippen LogP contribution is -2.45. The maximum atomic E-state index is 12.5. The molecule has 0 radical (unpaired) electrons. The highest BCUT2D eigenvalue weighted by molar-refractivity contribution is 5.76. The summed E-state index contributed by atoms with van der Waals surface area (Å²) in [5.74, 6) is -0.0497. The third kappa shape index (κ3) is 67.3. The summed E-state index contributed by atoms with van der Waals surface area (Å²) < 4.78 is 5.50. The van der Waals surface area contributed by atoms with Gasteiger partial charge in [0.15, 0.2) is 0 Å². The minimum absolute atomic E-state index is 0.0112. The molecule has 6 heteroatoms. The number of aliphatic hydroxyl groups excluding tert-OH is 2. The van der Waals surface area contributed by atoms with Crippen LogP contribution < -0.4 is 5.32 Å². The largest absolute Gasteiger partial charge is 0.466 e. The van der Waals surface area contributed by atoms with Crippen LogP contribution in [0.4, 0.5) is 0 Å². The lowest BCUT2D eigenvalue weighted by Gasteiger charge is -2.20. The van der Waals surface area contributed by atoms with Gasteiger partial charge >= 0.3 is 5.97 Å². The predicted octanol–water partition coefficient (Wildman–Crippen LogP) is 24.1. The zero-order chi connectivity index (χ0) is 58.5. The number of amides is 1.